The molecule has 0 bridgehead atoms. The first-order chi connectivity index (χ1) is 8.27. The molecule has 0 saturated carbocycles. The second kappa shape index (κ2) is 7.85. The van der Waals surface area contributed by atoms with Crippen LogP contribution in [0.25, 0.3) is 0 Å². The summed E-state index contributed by atoms with van der Waals surface area (Å²) in [7, 11) is 0. The van der Waals surface area contributed by atoms with Crippen molar-refractivity contribution in [3.8, 4) is 5.75 Å². The Hall–Kier alpha value is -0.480. The minimum absolute atomic E-state index is 0. The lowest BCUT2D eigenvalue weighted by Gasteiger charge is -2.33. The largest absolute Gasteiger partial charge is 0.491 e. The molecule has 1 N–H and O–H groups in total. The van der Waals surface area contributed by atoms with Gasteiger partial charge in [0.1, 0.15) is 12.4 Å². The molecule has 2 rings (SSSR count). The molecule has 0 spiro atoms. The van der Waals surface area contributed by atoms with E-state index in [0.717, 1.165) is 31.9 Å². The number of nitrogens with zero attached hydrogens (tertiary/aromatic N) is 1. The third kappa shape index (κ3) is 4.32. The number of nitrogens with one attached hydrogen (secondary N) is 1. The first-order valence-electron chi connectivity index (χ1n) is 6.09. The third-order valence-corrected chi connectivity index (χ3v) is 3.42. The van der Waals surface area contributed by atoms with Gasteiger partial charge in [-0.3, -0.25) is 4.90 Å². The van der Waals surface area contributed by atoms with Crippen molar-refractivity contribution in [3.63, 3.8) is 0 Å². The smallest absolute Gasteiger partial charge is 0.137 e. The molecular weight excluding hydrogens is 271 g/mol. The molecule has 0 radical (unpaired) electrons. The Labute approximate surface area is 120 Å². The lowest BCUT2D eigenvalue weighted by Crippen LogP contribution is -2.50. The van der Waals surface area contributed by atoms with E-state index in [1.165, 1.54) is 0 Å². The fraction of sp³-hybridized carbons (Fsp3) is 0.538. The highest BCUT2D eigenvalue weighted by Gasteiger charge is 2.17. The zero-order chi connectivity index (χ0) is 12.1. The van der Waals surface area contributed by atoms with Crippen LogP contribution >= 0.6 is 24.0 Å². The van der Waals surface area contributed by atoms with E-state index in [4.69, 9.17) is 16.3 Å². The summed E-state index contributed by atoms with van der Waals surface area (Å²) < 4.78 is 5.69. The normalized spacial score (nSPS) is 20.2. The van der Waals surface area contributed by atoms with Gasteiger partial charge in [-0.15, -0.1) is 12.4 Å². The van der Waals surface area contributed by atoms with Crippen LogP contribution in [0.5, 0.6) is 5.75 Å². The number of piperazine rings is 1. The Morgan fingerprint density at radius 1 is 1.44 bits per heavy atom. The molecule has 1 heterocycles. The fourth-order valence-corrected chi connectivity index (χ4v) is 2.24. The number of rotatable bonds is 4. The van der Waals surface area contributed by atoms with Crippen molar-refractivity contribution < 1.29 is 4.74 Å². The lowest BCUT2D eigenvalue weighted by atomic mass is 10.2. The van der Waals surface area contributed by atoms with Gasteiger partial charge in [-0.2, -0.15) is 0 Å². The van der Waals surface area contributed by atoms with E-state index >= 15 is 0 Å². The summed E-state index contributed by atoms with van der Waals surface area (Å²) in [5.41, 5.74) is 0. The zero-order valence-corrected chi connectivity index (χ0v) is 12.1. The van der Waals surface area contributed by atoms with Crippen LogP contribution < -0.4 is 10.1 Å². The molecule has 1 saturated heterocycles. The second-order valence-electron chi connectivity index (χ2n) is 4.37. The van der Waals surface area contributed by atoms with Gasteiger partial charge in [-0.05, 0) is 19.1 Å². The Bertz CT molecular complexity index is 363. The molecule has 0 amide bonds. The van der Waals surface area contributed by atoms with Crippen LogP contribution in [0.3, 0.4) is 0 Å². The summed E-state index contributed by atoms with van der Waals surface area (Å²) in [6, 6.07) is 8.19. The van der Waals surface area contributed by atoms with Crippen molar-refractivity contribution >= 4 is 24.0 Å². The maximum atomic E-state index is 6.03. The average molecular weight is 291 g/mol. The Kier molecular flexibility index (Phi) is 6.79. The van der Waals surface area contributed by atoms with Crippen molar-refractivity contribution in [1.82, 2.24) is 10.2 Å². The van der Waals surface area contributed by atoms with Gasteiger partial charge in [0.15, 0.2) is 0 Å². The van der Waals surface area contributed by atoms with Gasteiger partial charge in [-0.1, -0.05) is 23.7 Å². The number of benzene rings is 1. The monoisotopic (exact) mass is 290 g/mol. The van der Waals surface area contributed by atoms with E-state index in [0.29, 0.717) is 17.7 Å². The summed E-state index contributed by atoms with van der Waals surface area (Å²) in [5.74, 6) is 0.775. The van der Waals surface area contributed by atoms with Gasteiger partial charge in [0, 0.05) is 32.2 Å². The van der Waals surface area contributed by atoms with Gasteiger partial charge in [-0.25, -0.2) is 0 Å². The van der Waals surface area contributed by atoms with Crippen LogP contribution in [0.15, 0.2) is 24.3 Å². The van der Waals surface area contributed by atoms with E-state index in [9.17, 15) is 0 Å². The second-order valence-corrected chi connectivity index (χ2v) is 4.78. The maximum absolute atomic E-state index is 6.03. The molecule has 5 heteroatoms. The highest BCUT2D eigenvalue weighted by Crippen LogP contribution is 2.22. The summed E-state index contributed by atoms with van der Waals surface area (Å²) in [6.07, 6.45) is 0. The first kappa shape index (κ1) is 15.6. The predicted octanol–water partition coefficient (Wildman–Crippen LogP) is 2.43. The molecule has 3 nitrogen and oxygen atoms in total. The summed E-state index contributed by atoms with van der Waals surface area (Å²) in [4.78, 5) is 2.44. The Morgan fingerprint density at radius 3 is 2.94 bits per heavy atom. The molecule has 1 unspecified atom stereocenters. The molecule has 1 aromatic carbocycles. The molecule has 1 atom stereocenters. The van der Waals surface area contributed by atoms with Gasteiger partial charge in [0.25, 0.3) is 0 Å². The highest BCUT2D eigenvalue weighted by molar-refractivity contribution is 6.32. The maximum Gasteiger partial charge on any atom is 0.137 e. The molecule has 1 aliphatic rings. The standard InChI is InChI=1S/C13H19ClN2O.ClH/c1-11-10-15-6-7-16(11)8-9-17-13-5-3-2-4-12(13)14;/h2-5,11,15H,6-10H2,1H3;1H. The van der Waals surface area contributed by atoms with Crippen LogP contribution in [0, 0.1) is 0 Å². The molecule has 102 valence electrons. The number of hydrogen-bond donors (Lipinski definition) is 1. The minimum Gasteiger partial charge on any atom is -0.491 e. The summed E-state index contributed by atoms with van der Waals surface area (Å²) >= 11 is 6.03. The topological polar surface area (TPSA) is 24.5 Å². The molecule has 0 aliphatic carbocycles. The molecule has 1 aromatic rings. The minimum atomic E-state index is 0. The van der Waals surface area contributed by atoms with E-state index in [2.05, 4.69) is 17.1 Å². The lowest BCUT2D eigenvalue weighted by molar-refractivity contribution is 0.143. The Balaban J connectivity index is 0.00000162. The van der Waals surface area contributed by atoms with Crippen molar-refractivity contribution in [3.05, 3.63) is 29.3 Å². The third-order valence-electron chi connectivity index (χ3n) is 3.11. The first-order valence-corrected chi connectivity index (χ1v) is 6.47. The van der Waals surface area contributed by atoms with Crippen molar-refractivity contribution in [2.75, 3.05) is 32.8 Å². The van der Waals surface area contributed by atoms with E-state index in [1.54, 1.807) is 0 Å². The Morgan fingerprint density at radius 2 is 2.22 bits per heavy atom. The van der Waals surface area contributed by atoms with Crippen LogP contribution in [0.2, 0.25) is 5.02 Å². The van der Waals surface area contributed by atoms with Crippen molar-refractivity contribution in [2.24, 2.45) is 0 Å². The van der Waals surface area contributed by atoms with Gasteiger partial charge in [0.2, 0.25) is 0 Å². The predicted molar refractivity (Wildman–Crippen MR) is 78.1 cm³/mol. The molecule has 18 heavy (non-hydrogen) atoms. The number of para-hydroxylation sites is 1. The van der Waals surface area contributed by atoms with E-state index in [1.807, 2.05) is 24.3 Å². The van der Waals surface area contributed by atoms with Crippen LogP contribution in [0.1, 0.15) is 6.92 Å². The van der Waals surface area contributed by atoms with Crippen LogP contribution in [-0.2, 0) is 0 Å². The summed E-state index contributed by atoms with van der Waals surface area (Å²) in [6.45, 7) is 7.10. The van der Waals surface area contributed by atoms with Crippen LogP contribution in [0.4, 0.5) is 0 Å². The van der Waals surface area contributed by atoms with Gasteiger partial charge >= 0.3 is 0 Å². The quantitative estimate of drug-likeness (QED) is 0.922. The summed E-state index contributed by atoms with van der Waals surface area (Å²) in [5, 5.41) is 4.06. The molecule has 1 fully saturated rings. The highest BCUT2D eigenvalue weighted by atomic mass is 35.5. The van der Waals surface area contributed by atoms with E-state index in [-0.39, 0.29) is 12.4 Å². The van der Waals surface area contributed by atoms with Gasteiger partial charge in [0.05, 0.1) is 5.02 Å². The zero-order valence-electron chi connectivity index (χ0n) is 10.6. The van der Waals surface area contributed by atoms with Crippen molar-refractivity contribution in [1.29, 1.82) is 0 Å². The molecule has 0 aromatic heterocycles. The SMILES string of the molecule is CC1CNCCN1CCOc1ccccc1Cl.Cl. The number of halogens is 2. The van der Waals surface area contributed by atoms with Crippen molar-refractivity contribution in [2.45, 2.75) is 13.0 Å². The molecular formula is C13H20Cl2N2O. The fourth-order valence-electron chi connectivity index (χ4n) is 2.05. The van der Waals surface area contributed by atoms with Crippen LogP contribution in [-0.4, -0.2) is 43.7 Å². The number of hydrogen-bond acceptors (Lipinski definition) is 3. The molecule has 1 aliphatic heterocycles. The average Bonchev–Trinajstić information content (AvgIpc) is 2.34. The number of ether oxygens (including phenoxy) is 1. The van der Waals surface area contributed by atoms with E-state index < -0.39 is 0 Å². The van der Waals surface area contributed by atoms with Gasteiger partial charge < -0.3 is 10.1 Å².